The maximum absolute atomic E-state index is 12.5. The van der Waals surface area contributed by atoms with Crippen LogP contribution in [0, 0.1) is 29.1 Å². The Bertz CT molecular complexity index is 326. The summed E-state index contributed by atoms with van der Waals surface area (Å²) in [6.45, 7) is 0. The van der Waals surface area contributed by atoms with E-state index < -0.39 is 53.7 Å². The van der Waals surface area contributed by atoms with Crippen LogP contribution in [0.25, 0.3) is 0 Å². The molecule has 0 atom stereocenters. The molecule has 0 heterocycles. The van der Waals surface area contributed by atoms with E-state index in [4.69, 9.17) is 0 Å². The molecule has 0 aliphatic rings. The first-order valence-electron chi connectivity index (χ1n) is 3.07. The molecular weight excluding hydrogens is 290 g/mol. The molecule has 1 aromatic rings. The molecule has 76 valence electrons. The van der Waals surface area contributed by atoms with Crippen LogP contribution >= 0.6 is 17.0 Å². The van der Waals surface area contributed by atoms with Crippen LogP contribution in [0.4, 0.5) is 24.9 Å². The Hall–Kier alpha value is 0.0462. The van der Waals surface area contributed by atoms with E-state index in [1.54, 1.807) is 0 Å². The van der Waals surface area contributed by atoms with Gasteiger partial charge < -0.3 is 2.96 Å². The SMILES string of the molecule is Br.[F][Mg][c]1c(F)c(F)c(F)c(F)c1F. The van der Waals surface area contributed by atoms with Crippen LogP contribution in [0.15, 0.2) is 0 Å². The van der Waals surface area contributed by atoms with Crippen molar-refractivity contribution in [1.29, 1.82) is 0 Å². The Kier molecular flexibility index (Phi) is 5.24. The first-order chi connectivity index (χ1) is 6.00. The van der Waals surface area contributed by atoms with Crippen LogP contribution in [0.2, 0.25) is 0 Å². The van der Waals surface area contributed by atoms with Crippen molar-refractivity contribution >= 4 is 41.6 Å². The summed E-state index contributed by atoms with van der Waals surface area (Å²) in [6.07, 6.45) is 0. The molecule has 0 radical (unpaired) electrons. The smallest absolute Gasteiger partial charge is 0.475 e. The van der Waals surface area contributed by atoms with E-state index in [-0.39, 0.29) is 17.0 Å². The molecule has 1 rings (SSSR count). The average molecular weight is 291 g/mol. The van der Waals surface area contributed by atoms with Crippen molar-refractivity contribution in [2.24, 2.45) is 0 Å². The molecule has 0 bridgehead atoms. The molecule has 14 heavy (non-hydrogen) atoms. The van der Waals surface area contributed by atoms with Crippen LogP contribution in [0.1, 0.15) is 0 Å². The van der Waals surface area contributed by atoms with Crippen molar-refractivity contribution in [1.82, 2.24) is 0 Å². The maximum Gasteiger partial charge on any atom is 0.658 e. The van der Waals surface area contributed by atoms with E-state index in [1.807, 2.05) is 0 Å². The minimum atomic E-state index is -2.92. The molecule has 0 amide bonds. The van der Waals surface area contributed by atoms with Gasteiger partial charge in [-0.1, -0.05) is 0 Å². The van der Waals surface area contributed by atoms with Gasteiger partial charge in [0.2, 0.25) is 0 Å². The predicted molar refractivity (Wildman–Crippen MR) is 43.0 cm³/mol. The maximum atomic E-state index is 12.5. The summed E-state index contributed by atoms with van der Waals surface area (Å²) in [4.78, 5) is 0. The highest BCUT2D eigenvalue weighted by molar-refractivity contribution is 8.93. The second-order valence-corrected chi connectivity index (χ2v) is 3.16. The van der Waals surface area contributed by atoms with Crippen LogP contribution in [-0.2, 0) is 0 Å². The van der Waals surface area contributed by atoms with Gasteiger partial charge in [0.25, 0.3) is 0 Å². The number of hydrogen-bond donors (Lipinski definition) is 0. The lowest BCUT2D eigenvalue weighted by atomic mass is 10.3. The zero-order valence-electron chi connectivity index (χ0n) is 6.38. The van der Waals surface area contributed by atoms with Crippen LogP contribution in [0.5, 0.6) is 0 Å². The van der Waals surface area contributed by atoms with Crippen molar-refractivity contribution in [2.45, 2.75) is 0 Å². The van der Waals surface area contributed by atoms with Crippen molar-refractivity contribution < 1.29 is 24.9 Å². The molecule has 0 aliphatic heterocycles. The highest BCUT2D eigenvalue weighted by atomic mass is 79.9. The monoisotopic (exact) mass is 290 g/mol. The third-order valence-corrected chi connectivity index (χ3v) is 2.32. The standard InChI is InChI=1S/C6F5.BrH.FH.Mg/c7-2-1-3(8)5(10)6(11)4(2)9;;;/h;2*1H;/q;;;+1/p-1. The van der Waals surface area contributed by atoms with Gasteiger partial charge in [-0.3, -0.25) is 0 Å². The molecule has 1 aromatic carbocycles. The summed E-state index contributed by atoms with van der Waals surface area (Å²) in [6, 6.07) is 0. The van der Waals surface area contributed by atoms with Gasteiger partial charge in [-0.25, -0.2) is 22.0 Å². The number of benzene rings is 1. The van der Waals surface area contributed by atoms with E-state index in [0.717, 1.165) is 0 Å². The van der Waals surface area contributed by atoms with Crippen LogP contribution in [-0.4, -0.2) is 20.9 Å². The molecule has 0 nitrogen and oxygen atoms in total. The number of hydrogen-bond acceptors (Lipinski definition) is 0. The Labute approximate surface area is 95.5 Å². The van der Waals surface area contributed by atoms with E-state index in [2.05, 4.69) is 0 Å². The highest BCUT2D eigenvalue weighted by Gasteiger charge is 2.26. The van der Waals surface area contributed by atoms with Crippen LogP contribution in [0.3, 0.4) is 0 Å². The molecule has 0 spiro atoms. The van der Waals surface area contributed by atoms with Gasteiger partial charge in [-0.15, -0.1) is 17.0 Å². The third kappa shape index (κ3) is 2.17. The molecule has 0 saturated carbocycles. The van der Waals surface area contributed by atoms with E-state index in [9.17, 15) is 24.9 Å². The topological polar surface area (TPSA) is 0 Å². The second kappa shape index (κ2) is 5.22. The molecular formula is C6HBrF6Mg. The largest absolute Gasteiger partial charge is 0.658 e. The molecule has 0 aromatic heterocycles. The van der Waals surface area contributed by atoms with Gasteiger partial charge in [0.05, 0.1) is 0 Å². The summed E-state index contributed by atoms with van der Waals surface area (Å²) in [7, 11) is 0. The van der Waals surface area contributed by atoms with Gasteiger partial charge in [0.15, 0.2) is 17.5 Å². The molecule has 0 unspecified atom stereocenters. The normalized spacial score (nSPS) is 9.29. The molecule has 0 aliphatic carbocycles. The lowest BCUT2D eigenvalue weighted by Gasteiger charge is -2.03. The summed E-state index contributed by atoms with van der Waals surface area (Å²) in [5.74, 6) is -10.6. The fourth-order valence-corrected chi connectivity index (χ4v) is 1.31. The van der Waals surface area contributed by atoms with Gasteiger partial charge in [-0.05, 0) is 3.69 Å². The lowest BCUT2D eigenvalue weighted by Crippen LogP contribution is -2.24. The third-order valence-electron chi connectivity index (χ3n) is 1.43. The average Bonchev–Trinajstić information content (AvgIpc) is 2.13. The fourth-order valence-electron chi connectivity index (χ4n) is 0.768. The highest BCUT2D eigenvalue weighted by Crippen LogP contribution is 2.15. The molecule has 8 heteroatoms. The Morgan fingerprint density at radius 3 is 1.21 bits per heavy atom. The molecule has 0 fully saturated rings. The zero-order chi connectivity index (χ0) is 10.2. The van der Waals surface area contributed by atoms with E-state index in [1.165, 1.54) is 0 Å². The van der Waals surface area contributed by atoms with Gasteiger partial charge in [0, 0.05) is 0 Å². The first-order valence-corrected chi connectivity index (χ1v) is 4.31. The Balaban J connectivity index is 0.00000169. The predicted octanol–water partition coefficient (Wildman–Crippen LogP) is 2.17. The summed E-state index contributed by atoms with van der Waals surface area (Å²) in [5, 5.41) is 0. The quantitative estimate of drug-likeness (QED) is 0.322. The first kappa shape index (κ1) is 14.0. The summed E-state index contributed by atoms with van der Waals surface area (Å²) in [5.41, 5.74) is 0. The minimum Gasteiger partial charge on any atom is -0.475 e. The Morgan fingerprint density at radius 1 is 0.643 bits per heavy atom. The number of rotatable bonds is 1. The number of halogens is 7. The van der Waals surface area contributed by atoms with Crippen molar-refractivity contribution in [3.05, 3.63) is 29.1 Å². The van der Waals surface area contributed by atoms with Crippen molar-refractivity contribution in [2.75, 3.05) is 0 Å². The lowest BCUT2D eigenvalue weighted by molar-refractivity contribution is 0.383. The zero-order valence-corrected chi connectivity index (χ0v) is 9.51. The Morgan fingerprint density at radius 2 is 0.929 bits per heavy atom. The molecule has 0 N–H and O–H groups in total. The second-order valence-electron chi connectivity index (χ2n) is 2.18. The summed E-state index contributed by atoms with van der Waals surface area (Å²) < 4.78 is 72.5. The molecule has 0 saturated heterocycles. The van der Waals surface area contributed by atoms with Gasteiger partial charge in [-0.2, -0.15) is 0 Å². The van der Waals surface area contributed by atoms with E-state index >= 15 is 0 Å². The van der Waals surface area contributed by atoms with Crippen molar-refractivity contribution in [3.63, 3.8) is 0 Å². The van der Waals surface area contributed by atoms with E-state index in [0.29, 0.717) is 0 Å². The van der Waals surface area contributed by atoms with Crippen molar-refractivity contribution in [3.8, 4) is 0 Å². The van der Waals surface area contributed by atoms with Gasteiger partial charge in [0.1, 0.15) is 11.6 Å². The summed E-state index contributed by atoms with van der Waals surface area (Å²) >= 11 is -2.92. The fraction of sp³-hybridized carbons (Fsp3) is 0. The minimum absolute atomic E-state index is 0. The van der Waals surface area contributed by atoms with Gasteiger partial charge >= 0.3 is 20.9 Å². The van der Waals surface area contributed by atoms with Crippen LogP contribution < -0.4 is 3.69 Å².